The molecule has 1 aromatic heterocycles. The van der Waals surface area contributed by atoms with Gasteiger partial charge in [0.1, 0.15) is 5.75 Å². The number of rotatable bonds is 9. The molecule has 0 unspecified atom stereocenters. The van der Waals surface area contributed by atoms with E-state index in [1.807, 2.05) is 30.5 Å². The van der Waals surface area contributed by atoms with Crippen molar-refractivity contribution in [3.63, 3.8) is 0 Å². The van der Waals surface area contributed by atoms with Crippen molar-refractivity contribution in [1.82, 2.24) is 5.32 Å². The van der Waals surface area contributed by atoms with Gasteiger partial charge in [0.15, 0.2) is 6.61 Å². The number of benzene rings is 1. The Morgan fingerprint density at radius 1 is 1.25 bits per heavy atom. The Morgan fingerprint density at radius 2 is 2.00 bits per heavy atom. The fraction of sp³-hybridized carbons (Fsp3) is 0.333. The van der Waals surface area contributed by atoms with Gasteiger partial charge in [0, 0.05) is 11.3 Å². The zero-order valence-electron chi connectivity index (χ0n) is 13.7. The van der Waals surface area contributed by atoms with Gasteiger partial charge in [0.2, 0.25) is 5.91 Å². The van der Waals surface area contributed by atoms with Crippen molar-refractivity contribution in [1.29, 1.82) is 0 Å². The number of ether oxygens (including phenoxy) is 1. The molecular weight excluding hydrogens is 324 g/mol. The van der Waals surface area contributed by atoms with E-state index in [0.717, 1.165) is 18.4 Å². The quantitative estimate of drug-likeness (QED) is 0.732. The molecule has 24 heavy (non-hydrogen) atoms. The Bertz CT molecular complexity index is 653. The number of nitrogens with two attached hydrogens (primary N) is 1. The largest absolute Gasteiger partial charge is 0.484 e. The highest BCUT2D eigenvalue weighted by molar-refractivity contribution is 7.09. The number of carbonyl (C=O) groups is 2. The van der Waals surface area contributed by atoms with E-state index < -0.39 is 5.91 Å². The van der Waals surface area contributed by atoms with E-state index in [9.17, 15) is 9.59 Å². The van der Waals surface area contributed by atoms with Crippen LogP contribution in [-0.2, 0) is 16.0 Å². The summed E-state index contributed by atoms with van der Waals surface area (Å²) in [6, 6.07) is 11.3. The van der Waals surface area contributed by atoms with E-state index in [-0.39, 0.29) is 18.6 Å². The van der Waals surface area contributed by atoms with Crippen LogP contribution >= 0.6 is 11.3 Å². The van der Waals surface area contributed by atoms with Gasteiger partial charge >= 0.3 is 0 Å². The molecule has 0 saturated heterocycles. The van der Waals surface area contributed by atoms with Gasteiger partial charge in [-0.15, -0.1) is 11.3 Å². The molecule has 6 heteroatoms. The molecule has 2 rings (SSSR count). The normalized spacial score (nSPS) is 11.7. The second-order valence-electron chi connectivity index (χ2n) is 5.55. The zero-order chi connectivity index (χ0) is 17.4. The highest BCUT2D eigenvalue weighted by Crippen LogP contribution is 2.18. The molecule has 2 aromatic rings. The molecule has 0 saturated carbocycles. The van der Waals surface area contributed by atoms with Crippen molar-refractivity contribution >= 4 is 23.2 Å². The number of primary amides is 1. The van der Waals surface area contributed by atoms with E-state index in [4.69, 9.17) is 10.5 Å². The number of carbonyl (C=O) groups excluding carboxylic acids is 2. The van der Waals surface area contributed by atoms with E-state index in [2.05, 4.69) is 11.4 Å². The molecule has 0 fully saturated rings. The van der Waals surface area contributed by atoms with Crippen LogP contribution in [0.4, 0.5) is 0 Å². The fourth-order valence-electron chi connectivity index (χ4n) is 2.28. The first-order valence-corrected chi connectivity index (χ1v) is 8.75. The highest BCUT2D eigenvalue weighted by atomic mass is 32.1. The third-order valence-electron chi connectivity index (χ3n) is 3.55. The topological polar surface area (TPSA) is 81.4 Å². The number of aryl methyl sites for hydroxylation is 1. The predicted molar refractivity (Wildman–Crippen MR) is 94.9 cm³/mol. The number of nitrogens with one attached hydrogen (secondary N) is 1. The van der Waals surface area contributed by atoms with E-state index in [1.165, 1.54) is 4.88 Å². The number of thiophene rings is 1. The number of hydrogen-bond donors (Lipinski definition) is 2. The van der Waals surface area contributed by atoms with E-state index in [0.29, 0.717) is 12.2 Å². The Labute approximate surface area is 145 Å². The summed E-state index contributed by atoms with van der Waals surface area (Å²) in [6.45, 7) is 1.80. The second-order valence-corrected chi connectivity index (χ2v) is 6.58. The van der Waals surface area contributed by atoms with Gasteiger partial charge in [-0.2, -0.15) is 0 Å². The summed E-state index contributed by atoms with van der Waals surface area (Å²) in [6.07, 6.45) is 2.30. The summed E-state index contributed by atoms with van der Waals surface area (Å²) in [7, 11) is 0. The summed E-state index contributed by atoms with van der Waals surface area (Å²) in [5.41, 5.74) is 6.01. The van der Waals surface area contributed by atoms with Gasteiger partial charge in [-0.05, 0) is 48.9 Å². The molecule has 128 valence electrons. The second kappa shape index (κ2) is 9.08. The summed E-state index contributed by atoms with van der Waals surface area (Å²) in [4.78, 5) is 24.0. The lowest BCUT2D eigenvalue weighted by molar-refractivity contribution is -0.122. The molecule has 1 heterocycles. The van der Waals surface area contributed by atoms with E-state index >= 15 is 0 Å². The van der Waals surface area contributed by atoms with Gasteiger partial charge in [0.05, 0.1) is 6.04 Å². The first-order chi connectivity index (χ1) is 11.5. The van der Waals surface area contributed by atoms with Crippen LogP contribution in [0.25, 0.3) is 0 Å². The number of amides is 2. The molecular formula is C18H22N2O3S. The highest BCUT2D eigenvalue weighted by Gasteiger charge is 2.10. The van der Waals surface area contributed by atoms with Gasteiger partial charge in [-0.3, -0.25) is 9.59 Å². The van der Waals surface area contributed by atoms with E-state index in [1.54, 1.807) is 23.5 Å². The van der Waals surface area contributed by atoms with Crippen molar-refractivity contribution < 1.29 is 14.3 Å². The van der Waals surface area contributed by atoms with Crippen LogP contribution in [0.3, 0.4) is 0 Å². The van der Waals surface area contributed by atoms with Crippen molar-refractivity contribution in [2.45, 2.75) is 32.2 Å². The molecule has 2 amide bonds. The van der Waals surface area contributed by atoms with Crippen molar-refractivity contribution in [2.24, 2.45) is 5.73 Å². The van der Waals surface area contributed by atoms with Crippen LogP contribution in [0.1, 0.15) is 36.2 Å². The standard InChI is InChI=1S/C18H22N2O3S/c1-13(14-7-9-15(10-8-14)23-12-17(19)21)20-18(22)6-2-4-16-5-3-11-24-16/h3,5,7-11,13H,2,4,6,12H2,1H3,(H2,19,21)(H,20,22)/t13-/m0/s1. The van der Waals surface area contributed by atoms with Crippen molar-refractivity contribution in [3.05, 3.63) is 52.2 Å². The summed E-state index contributed by atoms with van der Waals surface area (Å²) >= 11 is 1.72. The monoisotopic (exact) mass is 346 g/mol. The molecule has 0 radical (unpaired) electrons. The maximum Gasteiger partial charge on any atom is 0.255 e. The van der Waals surface area contributed by atoms with Crippen LogP contribution in [0.5, 0.6) is 5.75 Å². The van der Waals surface area contributed by atoms with Gasteiger partial charge in [-0.1, -0.05) is 18.2 Å². The molecule has 1 atom stereocenters. The molecule has 1 aromatic carbocycles. The molecule has 0 aliphatic rings. The average molecular weight is 346 g/mol. The Hall–Kier alpha value is -2.34. The van der Waals surface area contributed by atoms with Crippen LogP contribution in [0, 0.1) is 0 Å². The van der Waals surface area contributed by atoms with Crippen molar-refractivity contribution in [3.8, 4) is 5.75 Å². The third-order valence-corrected chi connectivity index (χ3v) is 4.48. The first-order valence-electron chi connectivity index (χ1n) is 7.87. The molecule has 0 spiro atoms. The Balaban J connectivity index is 1.75. The molecule has 5 nitrogen and oxygen atoms in total. The first kappa shape index (κ1) is 18.0. The van der Waals surface area contributed by atoms with Crippen LogP contribution in [0.2, 0.25) is 0 Å². The van der Waals surface area contributed by atoms with Gasteiger partial charge in [-0.25, -0.2) is 0 Å². The van der Waals surface area contributed by atoms with Crippen LogP contribution < -0.4 is 15.8 Å². The maximum atomic E-state index is 12.0. The summed E-state index contributed by atoms with van der Waals surface area (Å²) < 4.78 is 5.21. The Morgan fingerprint density at radius 3 is 2.62 bits per heavy atom. The van der Waals surface area contributed by atoms with Gasteiger partial charge < -0.3 is 15.8 Å². The average Bonchev–Trinajstić information content (AvgIpc) is 3.06. The SMILES string of the molecule is C[C@H](NC(=O)CCCc1cccs1)c1ccc(OCC(N)=O)cc1. The van der Waals surface area contributed by atoms with Crippen molar-refractivity contribution in [2.75, 3.05) is 6.61 Å². The maximum absolute atomic E-state index is 12.0. The number of hydrogen-bond acceptors (Lipinski definition) is 4. The lowest BCUT2D eigenvalue weighted by atomic mass is 10.1. The lowest BCUT2D eigenvalue weighted by Crippen LogP contribution is -2.26. The lowest BCUT2D eigenvalue weighted by Gasteiger charge is -2.15. The molecule has 0 bridgehead atoms. The van der Waals surface area contributed by atoms with Crippen LogP contribution in [-0.4, -0.2) is 18.4 Å². The minimum Gasteiger partial charge on any atom is -0.484 e. The summed E-state index contributed by atoms with van der Waals surface area (Å²) in [5, 5.41) is 5.05. The third kappa shape index (κ3) is 6.04. The minimum absolute atomic E-state index is 0.0492. The summed E-state index contributed by atoms with van der Waals surface area (Å²) in [5.74, 6) is 0.113. The zero-order valence-corrected chi connectivity index (χ0v) is 14.5. The molecule has 0 aliphatic carbocycles. The molecule has 0 aliphatic heterocycles. The Kier molecular flexibility index (Phi) is 6.81. The molecule has 3 N–H and O–H groups in total. The van der Waals surface area contributed by atoms with Gasteiger partial charge in [0.25, 0.3) is 5.91 Å². The van der Waals surface area contributed by atoms with Crippen LogP contribution in [0.15, 0.2) is 41.8 Å². The minimum atomic E-state index is -0.512. The smallest absolute Gasteiger partial charge is 0.255 e. The predicted octanol–water partition coefficient (Wildman–Crippen LogP) is 2.81. The fourth-order valence-corrected chi connectivity index (χ4v) is 3.03.